The van der Waals surface area contributed by atoms with Crippen LogP contribution < -0.4 is 0 Å². The summed E-state index contributed by atoms with van der Waals surface area (Å²) < 4.78 is 39.3. The van der Waals surface area contributed by atoms with Crippen LogP contribution in [0.3, 0.4) is 0 Å². The van der Waals surface area contributed by atoms with Gasteiger partial charge in [-0.1, -0.05) is 23.7 Å². The molecule has 0 atom stereocenters. The maximum Gasteiger partial charge on any atom is 0.417 e. The fourth-order valence-electron chi connectivity index (χ4n) is 3.07. The fraction of sp³-hybridized carbons (Fsp3) is 0.0870. The van der Waals surface area contributed by atoms with Crippen LogP contribution in [0.15, 0.2) is 60.8 Å². The van der Waals surface area contributed by atoms with Gasteiger partial charge in [-0.25, -0.2) is 4.98 Å². The molecule has 0 aliphatic carbocycles. The summed E-state index contributed by atoms with van der Waals surface area (Å²) in [5, 5.41) is -0.364. The minimum atomic E-state index is -4.55. The lowest BCUT2D eigenvalue weighted by molar-refractivity contribution is -0.137. The van der Waals surface area contributed by atoms with Gasteiger partial charge in [-0.2, -0.15) is 13.2 Å². The topological polar surface area (TPSA) is 42.9 Å². The second-order valence-electron chi connectivity index (χ2n) is 6.73. The summed E-state index contributed by atoms with van der Waals surface area (Å²) >= 11 is 5.67. The zero-order valence-corrected chi connectivity index (χ0v) is 16.3. The second-order valence-corrected chi connectivity index (χ2v) is 7.13. The molecule has 30 heavy (non-hydrogen) atoms. The van der Waals surface area contributed by atoms with E-state index in [0.717, 1.165) is 11.8 Å². The van der Waals surface area contributed by atoms with Gasteiger partial charge in [0.15, 0.2) is 5.78 Å². The van der Waals surface area contributed by atoms with Crippen LogP contribution in [-0.4, -0.2) is 15.8 Å². The van der Waals surface area contributed by atoms with Gasteiger partial charge in [0.2, 0.25) is 0 Å². The van der Waals surface area contributed by atoms with Crippen molar-refractivity contribution < 1.29 is 18.0 Å². The first-order chi connectivity index (χ1) is 14.2. The Balaban J connectivity index is 1.65. The van der Waals surface area contributed by atoms with Gasteiger partial charge in [0, 0.05) is 17.3 Å². The van der Waals surface area contributed by atoms with Crippen molar-refractivity contribution in [3.05, 3.63) is 94.3 Å². The molecule has 0 unspecified atom stereocenters. The number of fused-ring (bicyclic) bond motifs is 1. The average Bonchev–Trinajstić information content (AvgIpc) is 2.72. The third kappa shape index (κ3) is 3.91. The van der Waals surface area contributed by atoms with E-state index in [9.17, 15) is 18.0 Å². The largest absolute Gasteiger partial charge is 0.417 e. The molecule has 0 aliphatic rings. The van der Waals surface area contributed by atoms with E-state index in [0.29, 0.717) is 33.3 Å². The lowest BCUT2D eigenvalue weighted by Gasteiger charge is -2.11. The van der Waals surface area contributed by atoms with Crippen molar-refractivity contribution in [2.24, 2.45) is 0 Å². The number of nitrogens with zero attached hydrogens (tertiary/aromatic N) is 2. The minimum absolute atomic E-state index is 0.265. The molecule has 1 radical (unpaired) electrons. The molecule has 4 aromatic rings. The number of ketones is 1. The summed E-state index contributed by atoms with van der Waals surface area (Å²) in [6.45, 7) is 1.81. The highest BCUT2D eigenvalue weighted by Gasteiger charge is 2.33. The Morgan fingerprint density at radius 3 is 2.47 bits per heavy atom. The highest BCUT2D eigenvalue weighted by molar-refractivity contribution is 6.31. The molecule has 3 aromatic carbocycles. The molecule has 1 heterocycles. The highest BCUT2D eigenvalue weighted by Crippen LogP contribution is 2.37. The minimum Gasteiger partial charge on any atom is -0.289 e. The third-order valence-corrected chi connectivity index (χ3v) is 4.92. The van der Waals surface area contributed by atoms with Crippen molar-refractivity contribution in [2.45, 2.75) is 13.1 Å². The van der Waals surface area contributed by atoms with E-state index in [-0.39, 0.29) is 10.8 Å². The van der Waals surface area contributed by atoms with E-state index in [1.807, 2.05) is 6.92 Å². The van der Waals surface area contributed by atoms with Gasteiger partial charge in [0.25, 0.3) is 0 Å². The first kappa shape index (κ1) is 20.0. The number of hydrogen-bond donors (Lipinski definition) is 0. The van der Waals surface area contributed by atoms with Crippen molar-refractivity contribution in [2.75, 3.05) is 0 Å². The van der Waals surface area contributed by atoms with Crippen molar-refractivity contribution in [1.29, 1.82) is 0 Å². The van der Waals surface area contributed by atoms with Gasteiger partial charge in [0.05, 0.1) is 27.3 Å². The van der Waals surface area contributed by atoms with Gasteiger partial charge in [-0.05, 0) is 66.6 Å². The molecule has 4 rings (SSSR count). The smallest absolute Gasteiger partial charge is 0.289 e. The van der Waals surface area contributed by atoms with Crippen molar-refractivity contribution in [1.82, 2.24) is 9.97 Å². The molecule has 7 heteroatoms. The predicted octanol–water partition coefficient (Wildman–Crippen LogP) is 6.31. The van der Waals surface area contributed by atoms with Crippen LogP contribution in [0, 0.1) is 13.0 Å². The number of benzene rings is 3. The zero-order valence-electron chi connectivity index (χ0n) is 15.6. The molecule has 0 bridgehead atoms. The maximum atomic E-state index is 13.1. The number of aromatic nitrogens is 2. The second kappa shape index (κ2) is 7.54. The van der Waals surface area contributed by atoms with Crippen LogP contribution in [0.4, 0.5) is 13.2 Å². The highest BCUT2D eigenvalue weighted by atomic mass is 35.5. The summed E-state index contributed by atoms with van der Waals surface area (Å²) in [4.78, 5) is 21.4. The molecule has 0 saturated carbocycles. The third-order valence-electron chi connectivity index (χ3n) is 4.59. The molecule has 0 aliphatic heterocycles. The first-order valence-electron chi connectivity index (χ1n) is 8.89. The van der Waals surface area contributed by atoms with E-state index >= 15 is 0 Å². The number of carbonyl (C=O) groups excluding carboxylic acids is 1. The first-order valence-corrected chi connectivity index (χ1v) is 9.27. The Kier molecular flexibility index (Phi) is 5.03. The summed E-state index contributed by atoms with van der Waals surface area (Å²) in [6.07, 6.45) is -2.90. The number of halogens is 4. The quantitative estimate of drug-likeness (QED) is 0.361. The zero-order chi connectivity index (χ0) is 21.5. The lowest BCUT2D eigenvalue weighted by Crippen LogP contribution is -2.06. The van der Waals surface area contributed by atoms with Gasteiger partial charge < -0.3 is 0 Å². The SMILES string of the molecule is Cc1cnc2ccc(C(=O)c3[c]cc(-c4ccc(Cl)c(C(F)(F)F)c4)cc3)cc2n1. The molecule has 149 valence electrons. The molecular formula is C23H13ClF3N2O. The molecule has 3 nitrogen and oxygen atoms in total. The molecular weight excluding hydrogens is 413 g/mol. The molecule has 0 amide bonds. The van der Waals surface area contributed by atoms with Gasteiger partial charge in [-0.15, -0.1) is 0 Å². The number of aryl methyl sites for hydroxylation is 1. The van der Waals surface area contributed by atoms with Crippen LogP contribution in [0.25, 0.3) is 22.2 Å². The van der Waals surface area contributed by atoms with Crippen molar-refractivity contribution in [3.8, 4) is 11.1 Å². The van der Waals surface area contributed by atoms with Crippen molar-refractivity contribution >= 4 is 28.4 Å². The summed E-state index contributed by atoms with van der Waals surface area (Å²) in [5.41, 5.74) is 2.67. The Morgan fingerprint density at radius 2 is 1.77 bits per heavy atom. The molecule has 1 aromatic heterocycles. The monoisotopic (exact) mass is 425 g/mol. The van der Waals surface area contributed by atoms with Crippen molar-refractivity contribution in [3.63, 3.8) is 0 Å². The lowest BCUT2D eigenvalue weighted by atomic mass is 9.98. The molecule has 0 saturated heterocycles. The van der Waals surface area contributed by atoms with Crippen LogP contribution >= 0.6 is 11.6 Å². The summed E-state index contributed by atoms with van der Waals surface area (Å²) in [5.74, 6) is -0.265. The van der Waals surface area contributed by atoms with Crippen LogP contribution in [0.2, 0.25) is 5.02 Å². The molecule has 0 N–H and O–H groups in total. The van der Waals surface area contributed by atoms with E-state index in [2.05, 4.69) is 16.0 Å². The normalized spacial score (nSPS) is 11.6. The maximum absolute atomic E-state index is 13.1. The predicted molar refractivity (Wildman–Crippen MR) is 108 cm³/mol. The Bertz CT molecular complexity index is 1270. The Morgan fingerprint density at radius 1 is 1.00 bits per heavy atom. The average molecular weight is 426 g/mol. The Hall–Kier alpha value is -3.25. The van der Waals surface area contributed by atoms with Crippen LogP contribution in [0.1, 0.15) is 27.2 Å². The van der Waals surface area contributed by atoms with Crippen LogP contribution in [0.5, 0.6) is 0 Å². The van der Waals surface area contributed by atoms with E-state index in [4.69, 9.17) is 11.6 Å². The number of alkyl halides is 3. The number of carbonyl (C=O) groups is 1. The van der Waals surface area contributed by atoms with Gasteiger partial charge in [-0.3, -0.25) is 9.78 Å². The van der Waals surface area contributed by atoms with Gasteiger partial charge in [0.1, 0.15) is 0 Å². The molecule has 0 fully saturated rings. The fourth-order valence-corrected chi connectivity index (χ4v) is 3.29. The molecule has 0 spiro atoms. The van der Waals surface area contributed by atoms with E-state index < -0.39 is 11.7 Å². The summed E-state index contributed by atoms with van der Waals surface area (Å²) in [7, 11) is 0. The van der Waals surface area contributed by atoms with Gasteiger partial charge >= 0.3 is 6.18 Å². The number of hydrogen-bond acceptors (Lipinski definition) is 3. The standard InChI is InChI=1S/C23H13ClF3N2O/c1-13-12-28-20-9-7-17(11-21(20)29-13)22(30)15-4-2-14(3-5-15)16-6-8-19(24)18(10-16)23(25,26)27/h2-4,6-12H,1H3. The van der Waals surface area contributed by atoms with E-state index in [1.54, 1.807) is 30.5 Å². The Labute approximate surface area is 175 Å². The van der Waals surface area contributed by atoms with Crippen LogP contribution in [-0.2, 0) is 6.18 Å². The van der Waals surface area contributed by atoms with E-state index in [1.165, 1.54) is 24.3 Å². The number of rotatable bonds is 3. The summed E-state index contributed by atoms with van der Waals surface area (Å²) in [6, 6.07) is 16.2.